The van der Waals surface area contributed by atoms with Gasteiger partial charge in [0.15, 0.2) is 0 Å². The zero-order valence-corrected chi connectivity index (χ0v) is 24.1. The minimum atomic E-state index is -0.293. The lowest BCUT2D eigenvalue weighted by molar-refractivity contribution is -0.130. The summed E-state index contributed by atoms with van der Waals surface area (Å²) in [6.07, 6.45) is 4.86. The van der Waals surface area contributed by atoms with E-state index < -0.39 is 0 Å². The highest BCUT2D eigenvalue weighted by molar-refractivity contribution is 5.97. The molecule has 0 radical (unpaired) electrons. The Hall–Kier alpha value is -4.72. The molecule has 2 aliphatic carbocycles. The van der Waals surface area contributed by atoms with Gasteiger partial charge in [-0.25, -0.2) is 9.97 Å². The van der Waals surface area contributed by atoms with Gasteiger partial charge in [0.2, 0.25) is 23.6 Å². The van der Waals surface area contributed by atoms with E-state index in [0.717, 1.165) is 72.2 Å². The van der Waals surface area contributed by atoms with Crippen molar-refractivity contribution >= 4 is 11.8 Å². The maximum atomic E-state index is 12.9. The Morgan fingerprint density at radius 1 is 0.628 bits per heavy atom. The molecule has 2 atom stereocenters. The normalized spacial score (nSPS) is 17.2. The Morgan fingerprint density at radius 3 is 1.51 bits per heavy atom. The summed E-state index contributed by atoms with van der Waals surface area (Å²) in [5.74, 6) is 0.564. The highest BCUT2D eigenvalue weighted by atomic mass is 16.5. The van der Waals surface area contributed by atoms with Crippen LogP contribution in [0.25, 0.3) is 0 Å². The topological polar surface area (TPSA) is 102 Å². The molecule has 2 N–H and O–H groups in total. The van der Waals surface area contributed by atoms with Crippen LogP contribution in [0, 0.1) is 0 Å². The van der Waals surface area contributed by atoms with E-state index in [1.54, 1.807) is 0 Å². The van der Waals surface area contributed by atoms with E-state index in [-0.39, 0.29) is 30.3 Å². The number of nitrogens with zero attached hydrogens (tertiary/aromatic N) is 2. The third-order valence-electron chi connectivity index (χ3n) is 7.98. The molecule has 8 nitrogen and oxygen atoms in total. The van der Waals surface area contributed by atoms with Gasteiger partial charge in [-0.2, -0.15) is 0 Å². The monoisotopic (exact) mass is 576 g/mol. The molecule has 8 heteroatoms. The summed E-state index contributed by atoms with van der Waals surface area (Å²) in [5.41, 5.74) is 6.01. The van der Waals surface area contributed by atoms with Gasteiger partial charge < -0.3 is 20.1 Å². The first kappa shape index (κ1) is 28.4. The molecule has 4 aromatic rings. The van der Waals surface area contributed by atoms with Crippen molar-refractivity contribution in [3.63, 3.8) is 0 Å². The maximum Gasteiger partial charge on any atom is 0.229 e. The molecule has 0 spiro atoms. The summed E-state index contributed by atoms with van der Waals surface area (Å²) < 4.78 is 11.8. The number of ether oxygens (including phenoxy) is 2. The number of pyridine rings is 2. The Bertz CT molecular complexity index is 1440. The number of benzene rings is 2. The highest BCUT2D eigenvalue weighted by Crippen LogP contribution is 2.32. The van der Waals surface area contributed by atoms with Crippen molar-refractivity contribution in [3.05, 3.63) is 119 Å². The quantitative estimate of drug-likeness (QED) is 0.235. The molecule has 0 saturated heterocycles. The lowest BCUT2D eigenvalue weighted by atomic mass is 9.91. The summed E-state index contributed by atoms with van der Waals surface area (Å²) in [7, 11) is 0. The van der Waals surface area contributed by atoms with Crippen LogP contribution in [-0.4, -0.2) is 21.8 Å². The van der Waals surface area contributed by atoms with Crippen LogP contribution in [0.4, 0.5) is 0 Å². The van der Waals surface area contributed by atoms with Gasteiger partial charge in [0, 0.05) is 23.5 Å². The molecule has 0 fully saturated rings. The minimum absolute atomic E-state index is 0.173. The van der Waals surface area contributed by atoms with E-state index in [0.29, 0.717) is 25.0 Å². The van der Waals surface area contributed by atoms with Gasteiger partial charge in [-0.15, -0.1) is 0 Å². The second kappa shape index (κ2) is 13.5. The molecule has 1 unspecified atom stereocenters. The number of fused-ring (bicyclic) bond motifs is 2. The lowest BCUT2D eigenvalue weighted by Gasteiger charge is -2.27. The fraction of sp³-hybridized carbons (Fsp3) is 0.314. The van der Waals surface area contributed by atoms with Gasteiger partial charge in [0.1, 0.15) is 19.6 Å². The molecule has 2 heterocycles. The van der Waals surface area contributed by atoms with Crippen LogP contribution in [0.2, 0.25) is 0 Å². The largest absolute Gasteiger partial charge is 0.473 e. The van der Waals surface area contributed by atoms with E-state index >= 15 is 0 Å². The van der Waals surface area contributed by atoms with Crippen molar-refractivity contribution in [2.45, 2.75) is 70.2 Å². The second-order valence-corrected chi connectivity index (χ2v) is 11.1. The fourth-order valence-corrected chi connectivity index (χ4v) is 5.84. The van der Waals surface area contributed by atoms with Gasteiger partial charge in [-0.05, 0) is 72.9 Å². The number of hydrogen-bond donors (Lipinski definition) is 2. The molecular weight excluding hydrogens is 540 g/mol. The van der Waals surface area contributed by atoms with Crippen LogP contribution >= 0.6 is 0 Å². The number of carbonyl (C=O) groups is 2. The van der Waals surface area contributed by atoms with Gasteiger partial charge in [-0.1, -0.05) is 60.7 Å². The van der Waals surface area contributed by atoms with Crippen molar-refractivity contribution in [2.75, 3.05) is 0 Å². The average molecular weight is 577 g/mol. The lowest BCUT2D eigenvalue weighted by Crippen LogP contribution is -2.37. The summed E-state index contributed by atoms with van der Waals surface area (Å²) in [6, 6.07) is 27.3. The smallest absolute Gasteiger partial charge is 0.229 e. The fourth-order valence-electron chi connectivity index (χ4n) is 5.84. The minimum Gasteiger partial charge on any atom is -0.473 e. The van der Waals surface area contributed by atoms with Gasteiger partial charge in [-0.3, -0.25) is 9.59 Å². The van der Waals surface area contributed by atoms with E-state index in [4.69, 9.17) is 19.4 Å². The van der Waals surface area contributed by atoms with Crippen LogP contribution in [-0.2, 0) is 35.6 Å². The molecule has 43 heavy (non-hydrogen) atoms. The molecular formula is C35H36N4O4. The Balaban J connectivity index is 1.01. The van der Waals surface area contributed by atoms with E-state index in [9.17, 15) is 9.59 Å². The molecule has 0 saturated carbocycles. The molecule has 2 aromatic carbocycles. The van der Waals surface area contributed by atoms with Crippen molar-refractivity contribution in [3.8, 4) is 11.8 Å². The molecule has 220 valence electrons. The maximum absolute atomic E-state index is 12.9. The van der Waals surface area contributed by atoms with Crippen LogP contribution in [0.15, 0.2) is 84.9 Å². The zero-order valence-electron chi connectivity index (χ0n) is 24.1. The first-order valence-electron chi connectivity index (χ1n) is 15.0. The van der Waals surface area contributed by atoms with Crippen LogP contribution in [0.5, 0.6) is 11.8 Å². The third kappa shape index (κ3) is 7.38. The highest BCUT2D eigenvalue weighted by Gasteiger charge is 2.27. The summed E-state index contributed by atoms with van der Waals surface area (Å²) in [5, 5.41) is 6.13. The predicted molar refractivity (Wildman–Crippen MR) is 162 cm³/mol. The van der Waals surface area contributed by atoms with Crippen molar-refractivity contribution in [2.24, 2.45) is 0 Å². The van der Waals surface area contributed by atoms with E-state index in [1.807, 2.05) is 84.9 Å². The number of aryl methyl sites for hydroxylation is 2. The number of hydrogen-bond acceptors (Lipinski definition) is 6. The predicted octanol–water partition coefficient (Wildman–Crippen LogP) is 5.71. The number of aromatic nitrogens is 2. The van der Waals surface area contributed by atoms with Crippen LogP contribution in [0.3, 0.4) is 0 Å². The molecule has 6 rings (SSSR count). The summed E-state index contributed by atoms with van der Waals surface area (Å²) in [6.45, 7) is 0.902. The van der Waals surface area contributed by atoms with Crippen molar-refractivity contribution in [1.82, 2.24) is 20.6 Å². The number of nitrogens with one attached hydrogen (secondary N) is 2. The first-order valence-corrected chi connectivity index (χ1v) is 15.0. The third-order valence-corrected chi connectivity index (χ3v) is 7.98. The Kier molecular flexibility index (Phi) is 8.92. The van der Waals surface area contributed by atoms with E-state index in [1.165, 1.54) is 0 Å². The van der Waals surface area contributed by atoms with Crippen LogP contribution < -0.4 is 20.1 Å². The molecule has 0 aliphatic heterocycles. The van der Waals surface area contributed by atoms with Gasteiger partial charge in [0.05, 0.1) is 12.1 Å². The number of rotatable bonds is 10. The molecule has 2 aliphatic rings. The SMILES string of the molecule is O=C(CC(=O)N[C@H]1CCCc2nc(OCc3ccccc3)ccc21)NC1CCCc2nc(OCc3ccccc3)ccc21. The Labute approximate surface area is 251 Å². The van der Waals surface area contributed by atoms with E-state index in [2.05, 4.69) is 10.6 Å². The van der Waals surface area contributed by atoms with Crippen LogP contribution in [0.1, 0.15) is 77.8 Å². The first-order chi connectivity index (χ1) is 21.1. The second-order valence-electron chi connectivity index (χ2n) is 11.1. The van der Waals surface area contributed by atoms with Gasteiger partial charge in [0.25, 0.3) is 0 Å². The van der Waals surface area contributed by atoms with Crippen molar-refractivity contribution in [1.29, 1.82) is 0 Å². The van der Waals surface area contributed by atoms with Crippen molar-refractivity contribution < 1.29 is 19.1 Å². The van der Waals surface area contributed by atoms with Gasteiger partial charge >= 0.3 is 0 Å². The summed E-state index contributed by atoms with van der Waals surface area (Å²) in [4.78, 5) is 35.3. The molecule has 0 bridgehead atoms. The number of amides is 2. The standard InChI is InChI=1S/C35H36N4O4/c40-32(36-28-13-7-15-30-26(28)17-19-34(38-30)42-22-24-9-3-1-4-10-24)21-33(41)37-29-14-8-16-31-27(29)18-20-35(39-31)43-23-25-11-5-2-6-12-25/h1-6,9-12,17-20,28-29H,7-8,13-16,21-23H2,(H,36,40)(H,37,41)/t28-,29?/m0/s1. The molecule has 2 amide bonds. The Morgan fingerprint density at radius 2 is 1.07 bits per heavy atom. The molecule has 2 aromatic heterocycles. The zero-order chi connectivity index (χ0) is 29.4. The average Bonchev–Trinajstić information content (AvgIpc) is 3.04. The number of carbonyl (C=O) groups excluding carboxylic acids is 2. The summed E-state index contributed by atoms with van der Waals surface area (Å²) >= 11 is 0.